The average Bonchev–Trinajstić information content (AvgIpc) is 2.88. The number of nitrogens with one attached hydrogen (secondary N) is 1. The van der Waals surface area contributed by atoms with E-state index in [2.05, 4.69) is 20.2 Å². The molecule has 3 aromatic rings. The molecule has 3 heterocycles. The highest BCUT2D eigenvalue weighted by atomic mass is 32.1. The van der Waals surface area contributed by atoms with E-state index in [4.69, 9.17) is 5.73 Å². The summed E-state index contributed by atoms with van der Waals surface area (Å²) in [5.74, 6) is 1.07. The number of aromatic nitrogens is 4. The van der Waals surface area contributed by atoms with Gasteiger partial charge in [-0.25, -0.2) is 9.97 Å². The third-order valence-electron chi connectivity index (χ3n) is 2.11. The number of thiophene rings is 1. The van der Waals surface area contributed by atoms with Crippen molar-refractivity contribution in [3.63, 3.8) is 0 Å². The molecular weight excluding hydrogens is 210 g/mol. The van der Waals surface area contributed by atoms with Gasteiger partial charge in [0.1, 0.15) is 11.0 Å². The minimum Gasteiger partial charge on any atom is -0.382 e. The monoisotopic (exact) mass is 217 g/mol. The zero-order valence-corrected chi connectivity index (χ0v) is 8.45. The number of hydrogen-bond donors (Lipinski definition) is 2. The quantitative estimate of drug-likeness (QED) is 0.649. The van der Waals surface area contributed by atoms with Gasteiger partial charge in [-0.2, -0.15) is 16.4 Å². The summed E-state index contributed by atoms with van der Waals surface area (Å²) in [6, 6.07) is 1.96. The van der Waals surface area contributed by atoms with Crippen LogP contribution in [-0.4, -0.2) is 20.2 Å². The Balaban J connectivity index is 2.29. The molecule has 0 saturated carbocycles. The molecule has 0 unspecified atom stereocenters. The Kier molecular flexibility index (Phi) is 1.69. The van der Waals surface area contributed by atoms with E-state index in [9.17, 15) is 0 Å². The molecule has 5 nitrogen and oxygen atoms in total. The van der Waals surface area contributed by atoms with Gasteiger partial charge in [0.15, 0.2) is 11.6 Å². The molecule has 0 aliphatic carbocycles. The van der Waals surface area contributed by atoms with Crippen molar-refractivity contribution in [1.29, 1.82) is 0 Å². The third-order valence-corrected chi connectivity index (χ3v) is 2.79. The lowest BCUT2D eigenvalue weighted by Crippen LogP contribution is -1.96. The molecule has 0 fully saturated rings. The van der Waals surface area contributed by atoms with Crippen LogP contribution in [0.5, 0.6) is 0 Å². The Bertz CT molecular complexity index is 598. The second-order valence-corrected chi connectivity index (χ2v) is 3.85. The van der Waals surface area contributed by atoms with Crippen molar-refractivity contribution < 1.29 is 0 Å². The van der Waals surface area contributed by atoms with Crippen molar-refractivity contribution in [3.05, 3.63) is 23.0 Å². The normalized spacial score (nSPS) is 10.9. The fourth-order valence-electron chi connectivity index (χ4n) is 1.38. The molecule has 3 rings (SSSR count). The molecule has 0 saturated heterocycles. The number of nitrogens with two attached hydrogens (primary N) is 1. The SMILES string of the molecule is Nc1nc(-c2ccsc2)nc2cn[nH]c12. The van der Waals surface area contributed by atoms with E-state index in [-0.39, 0.29) is 0 Å². The predicted octanol–water partition coefficient (Wildman–Crippen LogP) is 1.66. The van der Waals surface area contributed by atoms with Crippen LogP contribution in [0.4, 0.5) is 5.82 Å². The lowest BCUT2D eigenvalue weighted by Gasteiger charge is -1.99. The maximum atomic E-state index is 5.79. The molecule has 0 aliphatic heterocycles. The molecule has 0 radical (unpaired) electrons. The van der Waals surface area contributed by atoms with Crippen LogP contribution in [0, 0.1) is 0 Å². The molecular formula is C9H7N5S. The number of nitrogen functional groups attached to an aromatic ring is 1. The van der Waals surface area contributed by atoms with Crippen LogP contribution in [-0.2, 0) is 0 Å². The maximum absolute atomic E-state index is 5.79. The van der Waals surface area contributed by atoms with Crippen LogP contribution >= 0.6 is 11.3 Å². The van der Waals surface area contributed by atoms with Crippen LogP contribution in [0.2, 0.25) is 0 Å². The Morgan fingerprint density at radius 3 is 3.07 bits per heavy atom. The van der Waals surface area contributed by atoms with Crippen LogP contribution in [0.25, 0.3) is 22.4 Å². The zero-order valence-electron chi connectivity index (χ0n) is 7.64. The van der Waals surface area contributed by atoms with Crippen molar-refractivity contribution >= 4 is 28.2 Å². The summed E-state index contributed by atoms with van der Waals surface area (Å²) >= 11 is 1.60. The highest BCUT2D eigenvalue weighted by Crippen LogP contribution is 2.22. The topological polar surface area (TPSA) is 80.5 Å². The fourth-order valence-corrected chi connectivity index (χ4v) is 2.02. The van der Waals surface area contributed by atoms with Crippen molar-refractivity contribution in [3.8, 4) is 11.4 Å². The van der Waals surface area contributed by atoms with Gasteiger partial charge in [0.2, 0.25) is 0 Å². The molecule has 3 aromatic heterocycles. The summed E-state index contributed by atoms with van der Waals surface area (Å²) in [6.07, 6.45) is 1.64. The van der Waals surface area contributed by atoms with Crippen molar-refractivity contribution in [2.45, 2.75) is 0 Å². The maximum Gasteiger partial charge on any atom is 0.163 e. The molecule has 15 heavy (non-hydrogen) atoms. The van der Waals surface area contributed by atoms with Gasteiger partial charge in [0, 0.05) is 10.9 Å². The van der Waals surface area contributed by atoms with Crippen molar-refractivity contribution in [2.75, 3.05) is 5.73 Å². The van der Waals surface area contributed by atoms with E-state index in [1.54, 1.807) is 17.5 Å². The van der Waals surface area contributed by atoms with Gasteiger partial charge in [-0.3, -0.25) is 5.10 Å². The van der Waals surface area contributed by atoms with Gasteiger partial charge < -0.3 is 5.73 Å². The van der Waals surface area contributed by atoms with Gasteiger partial charge in [0.05, 0.1) is 6.20 Å². The number of nitrogens with zero attached hydrogens (tertiary/aromatic N) is 3. The summed E-state index contributed by atoms with van der Waals surface area (Å²) in [5.41, 5.74) is 8.20. The van der Waals surface area contributed by atoms with Crippen LogP contribution in [0.1, 0.15) is 0 Å². The minimum absolute atomic E-state index is 0.429. The lowest BCUT2D eigenvalue weighted by molar-refractivity contribution is 1.12. The van der Waals surface area contributed by atoms with E-state index in [0.29, 0.717) is 17.2 Å². The predicted molar refractivity (Wildman–Crippen MR) is 59.4 cm³/mol. The number of hydrogen-bond acceptors (Lipinski definition) is 5. The van der Waals surface area contributed by atoms with Gasteiger partial charge >= 0.3 is 0 Å². The molecule has 0 amide bonds. The number of H-pyrrole nitrogens is 1. The summed E-state index contributed by atoms with van der Waals surface area (Å²) in [6.45, 7) is 0. The van der Waals surface area contributed by atoms with Gasteiger partial charge in [-0.05, 0) is 11.4 Å². The molecule has 6 heteroatoms. The van der Waals surface area contributed by atoms with Gasteiger partial charge in [-0.15, -0.1) is 0 Å². The summed E-state index contributed by atoms with van der Waals surface area (Å²) in [5, 5.41) is 10.6. The van der Waals surface area contributed by atoms with Crippen LogP contribution in [0.15, 0.2) is 23.0 Å². The third kappa shape index (κ3) is 1.26. The highest BCUT2D eigenvalue weighted by molar-refractivity contribution is 7.08. The van der Waals surface area contributed by atoms with Crippen LogP contribution in [0.3, 0.4) is 0 Å². The number of rotatable bonds is 1. The summed E-state index contributed by atoms with van der Waals surface area (Å²) < 4.78 is 0. The van der Waals surface area contributed by atoms with Crippen LogP contribution < -0.4 is 5.73 Å². The first-order valence-electron chi connectivity index (χ1n) is 4.34. The van der Waals surface area contributed by atoms with E-state index >= 15 is 0 Å². The van der Waals surface area contributed by atoms with E-state index < -0.39 is 0 Å². The van der Waals surface area contributed by atoms with E-state index in [0.717, 1.165) is 11.1 Å². The molecule has 0 atom stereocenters. The Labute approximate surface area is 89.0 Å². The lowest BCUT2D eigenvalue weighted by atomic mass is 10.3. The first-order chi connectivity index (χ1) is 7.34. The van der Waals surface area contributed by atoms with Crippen molar-refractivity contribution in [2.24, 2.45) is 0 Å². The summed E-state index contributed by atoms with van der Waals surface area (Å²) in [4.78, 5) is 8.58. The second-order valence-electron chi connectivity index (χ2n) is 3.07. The molecule has 0 aliphatic rings. The molecule has 3 N–H and O–H groups in total. The number of anilines is 1. The Morgan fingerprint density at radius 1 is 1.33 bits per heavy atom. The smallest absolute Gasteiger partial charge is 0.163 e. The Morgan fingerprint density at radius 2 is 2.27 bits per heavy atom. The average molecular weight is 217 g/mol. The molecule has 0 aromatic carbocycles. The second kappa shape index (κ2) is 3.03. The standard InChI is InChI=1S/C9H7N5S/c10-8-7-6(3-11-14-7)12-9(13-8)5-1-2-15-4-5/h1-4H,(H,11,14)(H2,10,12,13). The summed E-state index contributed by atoms with van der Waals surface area (Å²) in [7, 11) is 0. The fraction of sp³-hybridized carbons (Fsp3) is 0. The minimum atomic E-state index is 0.429. The van der Waals surface area contributed by atoms with Gasteiger partial charge in [0.25, 0.3) is 0 Å². The molecule has 74 valence electrons. The van der Waals surface area contributed by atoms with E-state index in [1.165, 1.54) is 0 Å². The largest absolute Gasteiger partial charge is 0.382 e. The van der Waals surface area contributed by atoms with E-state index in [1.807, 2.05) is 16.8 Å². The number of fused-ring (bicyclic) bond motifs is 1. The van der Waals surface area contributed by atoms with Crippen molar-refractivity contribution in [1.82, 2.24) is 20.2 Å². The first-order valence-corrected chi connectivity index (χ1v) is 5.28. The zero-order chi connectivity index (χ0) is 10.3. The first kappa shape index (κ1) is 8.37. The number of aromatic amines is 1. The highest BCUT2D eigenvalue weighted by Gasteiger charge is 2.08. The van der Waals surface area contributed by atoms with Gasteiger partial charge in [-0.1, -0.05) is 0 Å². The molecule has 0 spiro atoms. The molecule has 0 bridgehead atoms. The Hall–Kier alpha value is -1.95.